The van der Waals surface area contributed by atoms with Gasteiger partial charge in [-0.15, -0.1) is 0 Å². The Balaban J connectivity index is 2.19. The van der Waals surface area contributed by atoms with Crippen LogP contribution in [-0.4, -0.2) is 48.2 Å². The molecule has 1 unspecified atom stereocenters. The number of carboxylic acid groups (broad SMARTS) is 1. The van der Waals surface area contributed by atoms with Crippen molar-refractivity contribution < 1.29 is 19.4 Å². The van der Waals surface area contributed by atoms with Crippen LogP contribution in [0.4, 0.5) is 4.79 Å². The Morgan fingerprint density at radius 3 is 2.94 bits per heavy atom. The molecule has 0 radical (unpaired) electrons. The standard InChI is InChI=1S/C11H18N2O4/c1-13(6-5-10(14)15)11(16)12-8-9-4-2-3-7-17-9/h3,7,9H,2,4-6,8H2,1H3,(H,12,16)(H,14,15). The maximum Gasteiger partial charge on any atom is 0.317 e. The maximum absolute atomic E-state index is 11.5. The van der Waals surface area contributed by atoms with E-state index in [1.54, 1.807) is 13.3 Å². The number of hydrogen-bond acceptors (Lipinski definition) is 3. The van der Waals surface area contributed by atoms with Crippen LogP contribution < -0.4 is 5.32 Å². The zero-order chi connectivity index (χ0) is 12.7. The van der Waals surface area contributed by atoms with Crippen molar-refractivity contribution >= 4 is 12.0 Å². The summed E-state index contributed by atoms with van der Waals surface area (Å²) in [5, 5.41) is 11.2. The fourth-order valence-electron chi connectivity index (χ4n) is 1.44. The highest BCUT2D eigenvalue weighted by Gasteiger charge is 2.14. The van der Waals surface area contributed by atoms with Crippen LogP contribution in [-0.2, 0) is 9.53 Å². The summed E-state index contributed by atoms with van der Waals surface area (Å²) >= 11 is 0. The van der Waals surface area contributed by atoms with Gasteiger partial charge in [-0.1, -0.05) is 0 Å². The Morgan fingerprint density at radius 2 is 2.35 bits per heavy atom. The van der Waals surface area contributed by atoms with Crippen molar-refractivity contribution in [2.75, 3.05) is 20.1 Å². The lowest BCUT2D eigenvalue weighted by Crippen LogP contribution is -2.42. The number of amides is 2. The van der Waals surface area contributed by atoms with Gasteiger partial charge in [0.1, 0.15) is 6.10 Å². The van der Waals surface area contributed by atoms with Crippen molar-refractivity contribution in [1.29, 1.82) is 0 Å². The van der Waals surface area contributed by atoms with Crippen molar-refractivity contribution in [2.45, 2.75) is 25.4 Å². The van der Waals surface area contributed by atoms with Gasteiger partial charge in [-0.2, -0.15) is 0 Å². The first-order valence-electron chi connectivity index (χ1n) is 5.61. The topological polar surface area (TPSA) is 78.9 Å². The summed E-state index contributed by atoms with van der Waals surface area (Å²) in [7, 11) is 1.57. The van der Waals surface area contributed by atoms with Gasteiger partial charge >= 0.3 is 12.0 Å². The molecule has 6 heteroatoms. The fourth-order valence-corrected chi connectivity index (χ4v) is 1.44. The number of carboxylic acids is 1. The average Bonchev–Trinajstić information content (AvgIpc) is 2.34. The van der Waals surface area contributed by atoms with E-state index in [9.17, 15) is 9.59 Å². The van der Waals surface area contributed by atoms with Crippen molar-refractivity contribution in [3.05, 3.63) is 12.3 Å². The van der Waals surface area contributed by atoms with Crippen LogP contribution >= 0.6 is 0 Å². The largest absolute Gasteiger partial charge is 0.497 e. The minimum absolute atomic E-state index is 0.0109. The lowest BCUT2D eigenvalue weighted by Gasteiger charge is -2.22. The third-order valence-electron chi connectivity index (χ3n) is 2.51. The van der Waals surface area contributed by atoms with Gasteiger partial charge in [0.15, 0.2) is 0 Å². The van der Waals surface area contributed by atoms with Crippen molar-refractivity contribution in [3.63, 3.8) is 0 Å². The zero-order valence-corrected chi connectivity index (χ0v) is 9.89. The summed E-state index contributed by atoms with van der Waals surface area (Å²) in [4.78, 5) is 23.2. The SMILES string of the molecule is CN(CCC(=O)O)C(=O)NCC1CCC=CO1. The Hall–Kier alpha value is -1.72. The van der Waals surface area contributed by atoms with Gasteiger partial charge < -0.3 is 20.1 Å². The van der Waals surface area contributed by atoms with E-state index in [1.165, 1.54) is 4.90 Å². The summed E-state index contributed by atoms with van der Waals surface area (Å²) in [5.41, 5.74) is 0. The molecular formula is C11H18N2O4. The number of carbonyl (C=O) groups is 2. The molecular weight excluding hydrogens is 224 g/mol. The summed E-state index contributed by atoms with van der Waals surface area (Å²) in [6.07, 6.45) is 5.39. The van der Waals surface area contributed by atoms with Crippen LogP contribution in [0.15, 0.2) is 12.3 Å². The molecule has 0 aromatic rings. The Bertz CT molecular complexity index is 304. The average molecular weight is 242 g/mol. The molecule has 2 N–H and O–H groups in total. The zero-order valence-electron chi connectivity index (χ0n) is 9.89. The number of hydrogen-bond donors (Lipinski definition) is 2. The normalized spacial score (nSPS) is 18.3. The van der Waals surface area contributed by atoms with E-state index in [1.807, 2.05) is 6.08 Å². The van der Waals surface area contributed by atoms with E-state index in [4.69, 9.17) is 9.84 Å². The molecule has 2 amide bonds. The summed E-state index contributed by atoms with van der Waals surface area (Å²) in [5.74, 6) is -0.912. The Kier molecular flexibility index (Phi) is 5.32. The molecule has 0 aromatic carbocycles. The van der Waals surface area contributed by atoms with Crippen molar-refractivity contribution in [2.24, 2.45) is 0 Å². The number of allylic oxidation sites excluding steroid dienone is 1. The molecule has 0 aromatic heterocycles. The molecule has 0 saturated heterocycles. The van der Waals surface area contributed by atoms with Crippen LogP contribution in [0.2, 0.25) is 0 Å². The van der Waals surface area contributed by atoms with Crippen LogP contribution in [0.25, 0.3) is 0 Å². The number of nitrogens with one attached hydrogen (secondary N) is 1. The predicted molar refractivity (Wildman–Crippen MR) is 61.5 cm³/mol. The van der Waals surface area contributed by atoms with Gasteiger partial charge in [0, 0.05) is 13.6 Å². The number of aliphatic carboxylic acids is 1. The molecule has 1 rings (SSSR count). The highest BCUT2D eigenvalue weighted by molar-refractivity contribution is 5.75. The first kappa shape index (κ1) is 13.3. The molecule has 96 valence electrons. The third kappa shape index (κ3) is 5.24. The Labute approximate surface area is 100 Å². The Morgan fingerprint density at radius 1 is 1.59 bits per heavy atom. The van der Waals surface area contributed by atoms with Gasteiger partial charge in [-0.05, 0) is 18.9 Å². The van der Waals surface area contributed by atoms with Crippen molar-refractivity contribution in [1.82, 2.24) is 10.2 Å². The smallest absolute Gasteiger partial charge is 0.317 e. The number of rotatable bonds is 5. The predicted octanol–water partition coefficient (Wildman–Crippen LogP) is 0.795. The second-order valence-corrected chi connectivity index (χ2v) is 3.96. The second kappa shape index (κ2) is 6.78. The minimum Gasteiger partial charge on any atom is -0.497 e. The van der Waals surface area contributed by atoms with Gasteiger partial charge in [0.05, 0.1) is 19.2 Å². The van der Waals surface area contributed by atoms with Gasteiger partial charge in [0.2, 0.25) is 0 Å². The molecule has 1 atom stereocenters. The molecule has 1 aliphatic rings. The molecule has 0 fully saturated rings. The number of urea groups is 1. The summed E-state index contributed by atoms with van der Waals surface area (Å²) < 4.78 is 5.30. The third-order valence-corrected chi connectivity index (χ3v) is 2.51. The number of ether oxygens (including phenoxy) is 1. The van der Waals surface area contributed by atoms with Crippen LogP contribution in [0.5, 0.6) is 0 Å². The summed E-state index contributed by atoms with van der Waals surface area (Å²) in [6, 6.07) is -0.274. The van der Waals surface area contributed by atoms with Gasteiger partial charge in [-0.25, -0.2) is 4.79 Å². The van der Waals surface area contributed by atoms with Crippen LogP contribution in [0.3, 0.4) is 0 Å². The maximum atomic E-state index is 11.5. The minimum atomic E-state index is -0.912. The van der Waals surface area contributed by atoms with E-state index >= 15 is 0 Å². The molecule has 0 aliphatic carbocycles. The first-order valence-corrected chi connectivity index (χ1v) is 5.61. The lowest BCUT2D eigenvalue weighted by molar-refractivity contribution is -0.137. The van der Waals surface area contributed by atoms with Crippen LogP contribution in [0.1, 0.15) is 19.3 Å². The van der Waals surface area contributed by atoms with E-state index in [2.05, 4.69) is 5.32 Å². The lowest BCUT2D eigenvalue weighted by atomic mass is 10.1. The monoisotopic (exact) mass is 242 g/mol. The molecule has 0 spiro atoms. The number of carbonyl (C=O) groups excluding carboxylic acids is 1. The molecule has 17 heavy (non-hydrogen) atoms. The number of nitrogens with zero attached hydrogens (tertiary/aromatic N) is 1. The van der Waals surface area contributed by atoms with Gasteiger partial charge in [0.25, 0.3) is 0 Å². The molecule has 1 heterocycles. The van der Waals surface area contributed by atoms with E-state index in [0.29, 0.717) is 6.54 Å². The van der Waals surface area contributed by atoms with E-state index in [0.717, 1.165) is 12.8 Å². The quantitative estimate of drug-likeness (QED) is 0.747. The highest BCUT2D eigenvalue weighted by Crippen LogP contribution is 2.08. The first-order chi connectivity index (χ1) is 8.09. The molecule has 1 aliphatic heterocycles. The summed E-state index contributed by atoms with van der Waals surface area (Å²) in [6.45, 7) is 0.646. The molecule has 0 bridgehead atoms. The highest BCUT2D eigenvalue weighted by atomic mass is 16.5. The van der Waals surface area contributed by atoms with E-state index in [-0.39, 0.29) is 25.1 Å². The van der Waals surface area contributed by atoms with Crippen LogP contribution in [0, 0.1) is 0 Å². The molecule has 6 nitrogen and oxygen atoms in total. The molecule has 0 saturated carbocycles. The van der Waals surface area contributed by atoms with Gasteiger partial charge in [-0.3, -0.25) is 4.79 Å². The fraction of sp³-hybridized carbons (Fsp3) is 0.636. The second-order valence-electron chi connectivity index (χ2n) is 3.96. The van der Waals surface area contributed by atoms with E-state index < -0.39 is 5.97 Å². The van der Waals surface area contributed by atoms with Crippen molar-refractivity contribution in [3.8, 4) is 0 Å².